The average Bonchev–Trinajstić information content (AvgIpc) is 2.43. The molecule has 0 spiro atoms. The van der Waals surface area contributed by atoms with Crippen molar-refractivity contribution < 1.29 is 8.78 Å². The van der Waals surface area contributed by atoms with E-state index in [1.54, 1.807) is 0 Å². The van der Waals surface area contributed by atoms with E-state index in [2.05, 4.69) is 10.3 Å². The first kappa shape index (κ1) is 14.8. The number of aromatic nitrogens is 1. The van der Waals surface area contributed by atoms with E-state index in [4.69, 9.17) is 0 Å². The monoisotopic (exact) mass is 294 g/mol. The van der Waals surface area contributed by atoms with Gasteiger partial charge in [0.2, 0.25) is 0 Å². The molecule has 0 radical (unpaired) electrons. The third-order valence-corrected chi connectivity index (χ3v) is 3.90. The van der Waals surface area contributed by atoms with Crippen LogP contribution in [0.3, 0.4) is 0 Å². The lowest BCUT2D eigenvalue weighted by molar-refractivity contribution is 0.551. The summed E-state index contributed by atoms with van der Waals surface area (Å²) in [6.07, 6.45) is 0.846. The van der Waals surface area contributed by atoms with Crippen molar-refractivity contribution in [3.8, 4) is 0 Å². The molecule has 0 aliphatic carbocycles. The Hall–Kier alpha value is -1.62. The second-order valence-electron chi connectivity index (χ2n) is 4.40. The molecular weight excluding hydrogens is 278 g/mol. The number of pyridine rings is 1. The molecule has 1 aromatic heterocycles. The molecule has 1 heterocycles. The number of nitrogens with zero attached hydrogens (tertiary/aromatic N) is 1. The summed E-state index contributed by atoms with van der Waals surface area (Å²) < 4.78 is 27.4. The summed E-state index contributed by atoms with van der Waals surface area (Å²) in [5, 5.41) is 3.04. The zero-order valence-corrected chi connectivity index (χ0v) is 12.2. The molecule has 2 aromatic rings. The van der Waals surface area contributed by atoms with Gasteiger partial charge >= 0.3 is 0 Å². The summed E-state index contributed by atoms with van der Waals surface area (Å²) in [7, 11) is 0. The van der Waals surface area contributed by atoms with E-state index in [1.807, 2.05) is 38.1 Å². The summed E-state index contributed by atoms with van der Waals surface area (Å²) in [4.78, 5) is 4.96. The predicted octanol–water partition coefficient (Wildman–Crippen LogP) is 4.64. The normalized spacial score (nSPS) is 10.6. The van der Waals surface area contributed by atoms with Gasteiger partial charge in [0.05, 0.1) is 0 Å². The molecule has 5 heteroatoms. The van der Waals surface area contributed by atoms with Gasteiger partial charge in [-0.25, -0.2) is 13.8 Å². The van der Waals surface area contributed by atoms with E-state index < -0.39 is 11.6 Å². The first-order valence-corrected chi connectivity index (χ1v) is 7.27. The maximum absolute atomic E-state index is 13.8. The number of halogens is 2. The largest absolute Gasteiger partial charge is 0.368 e. The molecule has 1 N–H and O–H groups in total. The predicted molar refractivity (Wildman–Crippen MR) is 78.2 cm³/mol. The van der Waals surface area contributed by atoms with Crippen LogP contribution in [0.4, 0.5) is 14.6 Å². The van der Waals surface area contributed by atoms with Gasteiger partial charge in [0.1, 0.15) is 5.03 Å². The molecule has 0 amide bonds. The Labute approximate surface area is 121 Å². The third kappa shape index (κ3) is 3.48. The lowest BCUT2D eigenvalue weighted by atomic mass is 10.2. The highest BCUT2D eigenvalue weighted by molar-refractivity contribution is 7.99. The van der Waals surface area contributed by atoms with E-state index in [0.717, 1.165) is 22.9 Å². The maximum Gasteiger partial charge on any atom is 0.168 e. The minimum atomic E-state index is -0.662. The van der Waals surface area contributed by atoms with Crippen LogP contribution in [0.15, 0.2) is 40.3 Å². The molecule has 0 unspecified atom stereocenters. The van der Waals surface area contributed by atoms with Crippen molar-refractivity contribution in [1.29, 1.82) is 0 Å². The Morgan fingerprint density at radius 3 is 2.65 bits per heavy atom. The van der Waals surface area contributed by atoms with Gasteiger partial charge in [-0.3, -0.25) is 0 Å². The average molecular weight is 294 g/mol. The van der Waals surface area contributed by atoms with E-state index in [9.17, 15) is 8.78 Å². The smallest absolute Gasteiger partial charge is 0.168 e. The number of anilines is 1. The van der Waals surface area contributed by atoms with Crippen molar-refractivity contribution in [1.82, 2.24) is 4.98 Å². The van der Waals surface area contributed by atoms with Crippen molar-refractivity contribution in [2.24, 2.45) is 0 Å². The first-order valence-electron chi connectivity index (χ1n) is 6.45. The quantitative estimate of drug-likeness (QED) is 0.869. The second kappa shape index (κ2) is 6.70. The highest BCUT2D eigenvalue weighted by Crippen LogP contribution is 2.32. The number of hydrogen-bond donors (Lipinski definition) is 1. The zero-order valence-electron chi connectivity index (χ0n) is 11.4. The molecule has 1 aromatic carbocycles. The van der Waals surface area contributed by atoms with Crippen LogP contribution in [-0.2, 0) is 0 Å². The van der Waals surface area contributed by atoms with Crippen LogP contribution >= 0.6 is 11.8 Å². The fourth-order valence-corrected chi connectivity index (χ4v) is 2.54. The van der Waals surface area contributed by atoms with Crippen molar-refractivity contribution in [3.05, 3.63) is 47.5 Å². The van der Waals surface area contributed by atoms with Gasteiger partial charge in [-0.1, -0.05) is 36.9 Å². The lowest BCUT2D eigenvalue weighted by Gasteiger charge is -2.09. The number of nitrogens with one attached hydrogen (secondary N) is 1. The van der Waals surface area contributed by atoms with Crippen molar-refractivity contribution >= 4 is 17.6 Å². The first-order chi connectivity index (χ1) is 9.61. The Morgan fingerprint density at radius 1 is 1.20 bits per heavy atom. The maximum atomic E-state index is 13.8. The number of aryl methyl sites for hydroxylation is 1. The molecule has 0 bridgehead atoms. The minimum Gasteiger partial charge on any atom is -0.368 e. The SMILES string of the molecule is CCCNc1nc(Sc2ccccc2C)c(F)cc1F. The van der Waals surface area contributed by atoms with E-state index in [1.165, 1.54) is 11.8 Å². The summed E-state index contributed by atoms with van der Waals surface area (Å²) in [6, 6.07) is 8.52. The summed E-state index contributed by atoms with van der Waals surface area (Å²) in [5.74, 6) is -1.20. The highest BCUT2D eigenvalue weighted by atomic mass is 32.2. The van der Waals surface area contributed by atoms with Crippen molar-refractivity contribution in [2.75, 3.05) is 11.9 Å². The molecule has 20 heavy (non-hydrogen) atoms. The van der Waals surface area contributed by atoms with Crippen molar-refractivity contribution in [3.63, 3.8) is 0 Å². The van der Waals surface area contributed by atoms with E-state index in [0.29, 0.717) is 6.54 Å². The zero-order chi connectivity index (χ0) is 14.5. The van der Waals surface area contributed by atoms with Gasteiger partial charge in [0, 0.05) is 17.5 Å². The Morgan fingerprint density at radius 2 is 1.95 bits per heavy atom. The molecule has 0 saturated carbocycles. The Kier molecular flexibility index (Phi) is 4.95. The fourth-order valence-electron chi connectivity index (χ4n) is 1.66. The summed E-state index contributed by atoms with van der Waals surface area (Å²) in [5.41, 5.74) is 1.03. The lowest BCUT2D eigenvalue weighted by Crippen LogP contribution is -2.06. The second-order valence-corrected chi connectivity index (χ2v) is 5.43. The van der Waals surface area contributed by atoms with E-state index >= 15 is 0 Å². The van der Waals surface area contributed by atoms with Crippen LogP contribution < -0.4 is 5.32 Å². The van der Waals surface area contributed by atoms with E-state index in [-0.39, 0.29) is 10.8 Å². The summed E-state index contributed by atoms with van der Waals surface area (Å²) in [6.45, 7) is 4.52. The van der Waals surface area contributed by atoms with Crippen LogP contribution in [0.5, 0.6) is 0 Å². The molecule has 0 atom stereocenters. The van der Waals surface area contributed by atoms with Crippen LogP contribution in [0, 0.1) is 18.6 Å². The molecule has 2 rings (SSSR count). The molecule has 0 saturated heterocycles. The molecule has 2 nitrogen and oxygen atoms in total. The third-order valence-electron chi connectivity index (χ3n) is 2.74. The van der Waals surface area contributed by atoms with Gasteiger partial charge in [-0.05, 0) is 25.0 Å². The van der Waals surface area contributed by atoms with Crippen LogP contribution in [0.1, 0.15) is 18.9 Å². The topological polar surface area (TPSA) is 24.9 Å². The van der Waals surface area contributed by atoms with Crippen LogP contribution in [0.2, 0.25) is 0 Å². The van der Waals surface area contributed by atoms with Crippen molar-refractivity contribution in [2.45, 2.75) is 30.2 Å². The Balaban J connectivity index is 2.29. The van der Waals surface area contributed by atoms with Crippen LogP contribution in [-0.4, -0.2) is 11.5 Å². The molecular formula is C15H16F2N2S. The molecule has 0 aliphatic heterocycles. The van der Waals surface area contributed by atoms with Gasteiger partial charge in [0.25, 0.3) is 0 Å². The van der Waals surface area contributed by atoms with Gasteiger partial charge in [0.15, 0.2) is 17.5 Å². The number of rotatable bonds is 5. The molecule has 106 valence electrons. The minimum absolute atomic E-state index is 0.101. The fraction of sp³-hybridized carbons (Fsp3) is 0.267. The highest BCUT2D eigenvalue weighted by Gasteiger charge is 2.13. The van der Waals surface area contributed by atoms with Gasteiger partial charge < -0.3 is 5.32 Å². The van der Waals surface area contributed by atoms with Crippen LogP contribution in [0.25, 0.3) is 0 Å². The summed E-state index contributed by atoms with van der Waals surface area (Å²) >= 11 is 1.20. The number of hydrogen-bond acceptors (Lipinski definition) is 3. The van der Waals surface area contributed by atoms with Gasteiger partial charge in [-0.15, -0.1) is 0 Å². The van der Waals surface area contributed by atoms with Gasteiger partial charge in [-0.2, -0.15) is 0 Å². The standard InChI is InChI=1S/C15H16F2N2S/c1-3-8-18-14-11(16)9-12(17)15(19-14)20-13-7-5-4-6-10(13)2/h4-7,9H,3,8H2,1-2H3,(H,18,19). The molecule has 0 aliphatic rings. The number of benzene rings is 1. The Bertz CT molecular complexity index is 602. The molecule has 0 fully saturated rings.